The third kappa shape index (κ3) is 4.88. The molecule has 0 aromatic rings. The van der Waals surface area contributed by atoms with E-state index in [1.54, 1.807) is 0 Å². The van der Waals surface area contributed by atoms with Gasteiger partial charge in [0.25, 0.3) is 0 Å². The molecule has 1 saturated heterocycles. The minimum absolute atomic E-state index is 0.0358. The summed E-state index contributed by atoms with van der Waals surface area (Å²) in [7, 11) is 0. The third-order valence-electron chi connectivity index (χ3n) is 2.76. The lowest BCUT2D eigenvalue weighted by Gasteiger charge is -2.34. The van der Waals surface area contributed by atoms with Gasteiger partial charge in [-0.25, -0.2) is 0 Å². The largest absolute Gasteiger partial charge is 0.388 e. The average molecular weight is 258 g/mol. The molecule has 0 unspecified atom stereocenters. The SMILES string of the molecule is C=CCCC/C=C/CO[C@@H]1OC[C@H](O)[C@H](O)[C@H]1O. The van der Waals surface area contributed by atoms with Crippen molar-refractivity contribution in [1.29, 1.82) is 0 Å². The fourth-order valence-corrected chi connectivity index (χ4v) is 1.64. The highest BCUT2D eigenvalue weighted by Crippen LogP contribution is 2.16. The number of hydrogen-bond acceptors (Lipinski definition) is 5. The maximum absolute atomic E-state index is 9.59. The van der Waals surface area contributed by atoms with Gasteiger partial charge in [0.05, 0.1) is 13.2 Å². The highest BCUT2D eigenvalue weighted by Gasteiger charge is 2.37. The number of hydrogen-bond donors (Lipinski definition) is 3. The van der Waals surface area contributed by atoms with Crippen LogP contribution in [-0.2, 0) is 9.47 Å². The molecule has 0 bridgehead atoms. The van der Waals surface area contributed by atoms with E-state index in [0.29, 0.717) is 6.61 Å². The molecule has 0 aromatic carbocycles. The van der Waals surface area contributed by atoms with Crippen LogP contribution >= 0.6 is 0 Å². The average Bonchev–Trinajstić information content (AvgIpc) is 2.37. The van der Waals surface area contributed by atoms with E-state index in [1.165, 1.54) is 0 Å². The van der Waals surface area contributed by atoms with Gasteiger partial charge in [0.15, 0.2) is 6.29 Å². The Hall–Kier alpha value is -0.720. The normalized spacial score (nSPS) is 32.8. The van der Waals surface area contributed by atoms with Crippen LogP contribution in [0.4, 0.5) is 0 Å². The maximum atomic E-state index is 9.59. The van der Waals surface area contributed by atoms with Crippen LogP contribution in [0.15, 0.2) is 24.8 Å². The van der Waals surface area contributed by atoms with Gasteiger partial charge in [-0.05, 0) is 19.3 Å². The number of ether oxygens (including phenoxy) is 2. The lowest BCUT2D eigenvalue weighted by atomic mass is 10.1. The van der Waals surface area contributed by atoms with Crippen molar-refractivity contribution in [3.63, 3.8) is 0 Å². The molecular formula is C13H22O5. The topological polar surface area (TPSA) is 79.2 Å². The number of unbranched alkanes of at least 4 members (excludes halogenated alkanes) is 2. The first-order valence-corrected chi connectivity index (χ1v) is 6.20. The second-order valence-corrected chi connectivity index (χ2v) is 4.27. The van der Waals surface area contributed by atoms with E-state index < -0.39 is 24.6 Å². The van der Waals surface area contributed by atoms with Crippen LogP contribution in [0.25, 0.3) is 0 Å². The number of aliphatic hydroxyl groups excluding tert-OH is 3. The smallest absolute Gasteiger partial charge is 0.186 e. The van der Waals surface area contributed by atoms with E-state index in [2.05, 4.69) is 6.58 Å². The molecule has 1 aliphatic rings. The maximum Gasteiger partial charge on any atom is 0.186 e. The van der Waals surface area contributed by atoms with Crippen molar-refractivity contribution in [1.82, 2.24) is 0 Å². The van der Waals surface area contributed by atoms with Crippen molar-refractivity contribution in [2.24, 2.45) is 0 Å². The molecule has 3 N–H and O–H groups in total. The molecule has 1 heterocycles. The zero-order valence-electron chi connectivity index (χ0n) is 10.4. The predicted molar refractivity (Wildman–Crippen MR) is 66.9 cm³/mol. The lowest BCUT2D eigenvalue weighted by Crippen LogP contribution is -2.53. The second-order valence-electron chi connectivity index (χ2n) is 4.27. The minimum atomic E-state index is -1.22. The van der Waals surface area contributed by atoms with Gasteiger partial charge in [0.2, 0.25) is 0 Å². The number of aliphatic hydroxyl groups is 3. The Labute approximate surface area is 107 Å². The highest BCUT2D eigenvalue weighted by molar-refractivity contribution is 4.85. The lowest BCUT2D eigenvalue weighted by molar-refractivity contribution is -0.266. The summed E-state index contributed by atoms with van der Waals surface area (Å²) in [5.74, 6) is 0. The first kappa shape index (κ1) is 15.3. The van der Waals surface area contributed by atoms with Crippen LogP contribution in [0.3, 0.4) is 0 Å². The van der Waals surface area contributed by atoms with Gasteiger partial charge in [-0.2, -0.15) is 0 Å². The molecule has 0 radical (unpaired) electrons. The molecule has 0 amide bonds. The summed E-state index contributed by atoms with van der Waals surface area (Å²) in [6.07, 6.45) is 4.31. The van der Waals surface area contributed by atoms with E-state index >= 15 is 0 Å². The fourth-order valence-electron chi connectivity index (χ4n) is 1.64. The van der Waals surface area contributed by atoms with Crippen molar-refractivity contribution >= 4 is 0 Å². The molecule has 5 heteroatoms. The van der Waals surface area contributed by atoms with Crippen LogP contribution in [-0.4, -0.2) is 53.1 Å². The van der Waals surface area contributed by atoms with Crippen molar-refractivity contribution in [3.05, 3.63) is 24.8 Å². The molecule has 4 atom stereocenters. The van der Waals surface area contributed by atoms with Gasteiger partial charge >= 0.3 is 0 Å². The molecule has 0 spiro atoms. The molecule has 1 fully saturated rings. The van der Waals surface area contributed by atoms with Crippen LogP contribution in [0.5, 0.6) is 0 Å². The molecule has 1 aliphatic heterocycles. The van der Waals surface area contributed by atoms with E-state index in [-0.39, 0.29) is 6.61 Å². The Morgan fingerprint density at radius 1 is 1.17 bits per heavy atom. The third-order valence-corrected chi connectivity index (χ3v) is 2.76. The van der Waals surface area contributed by atoms with Crippen LogP contribution < -0.4 is 0 Å². The highest BCUT2D eigenvalue weighted by atomic mass is 16.7. The molecule has 0 aliphatic carbocycles. The first-order valence-electron chi connectivity index (χ1n) is 6.20. The van der Waals surface area contributed by atoms with Crippen molar-refractivity contribution in [3.8, 4) is 0 Å². The zero-order valence-corrected chi connectivity index (χ0v) is 10.4. The summed E-state index contributed by atoms with van der Waals surface area (Å²) in [5, 5.41) is 28.3. The Morgan fingerprint density at radius 2 is 1.94 bits per heavy atom. The van der Waals surface area contributed by atoms with Crippen molar-refractivity contribution < 1.29 is 24.8 Å². The van der Waals surface area contributed by atoms with Gasteiger partial charge in [0, 0.05) is 0 Å². The van der Waals surface area contributed by atoms with Crippen LogP contribution in [0.1, 0.15) is 19.3 Å². The summed E-state index contributed by atoms with van der Waals surface area (Å²) in [6, 6.07) is 0. The zero-order chi connectivity index (χ0) is 13.4. The number of rotatable bonds is 7. The van der Waals surface area contributed by atoms with E-state index in [9.17, 15) is 15.3 Å². The van der Waals surface area contributed by atoms with E-state index in [1.807, 2.05) is 18.2 Å². The fraction of sp³-hybridized carbons (Fsp3) is 0.692. The summed E-state index contributed by atoms with van der Waals surface area (Å²) in [4.78, 5) is 0. The van der Waals surface area contributed by atoms with Crippen molar-refractivity contribution in [2.75, 3.05) is 13.2 Å². The van der Waals surface area contributed by atoms with E-state index in [4.69, 9.17) is 9.47 Å². The standard InChI is InChI=1S/C13H22O5/c1-2-3-4-5-6-7-8-17-13-12(16)11(15)10(14)9-18-13/h2,6-7,10-16H,1,3-5,8-9H2/b7-6+/t10-,11-,12+,13+/m0/s1. The van der Waals surface area contributed by atoms with Crippen molar-refractivity contribution in [2.45, 2.75) is 43.9 Å². The predicted octanol–water partition coefficient (Wildman–Crippen LogP) is 0.354. The Morgan fingerprint density at radius 3 is 2.67 bits per heavy atom. The van der Waals surface area contributed by atoms with Crippen LogP contribution in [0.2, 0.25) is 0 Å². The molecule has 18 heavy (non-hydrogen) atoms. The van der Waals surface area contributed by atoms with Gasteiger partial charge < -0.3 is 24.8 Å². The Balaban J connectivity index is 2.17. The summed E-state index contributed by atoms with van der Waals surface area (Å²) < 4.78 is 10.4. The molecule has 0 aromatic heterocycles. The Kier molecular flexibility index (Phi) is 7.15. The number of allylic oxidation sites excluding steroid dienone is 2. The summed E-state index contributed by atoms with van der Waals surface area (Å²) >= 11 is 0. The summed E-state index contributed by atoms with van der Waals surface area (Å²) in [6.45, 7) is 3.91. The molecule has 1 rings (SSSR count). The van der Waals surface area contributed by atoms with Gasteiger partial charge in [-0.15, -0.1) is 6.58 Å². The molecule has 0 saturated carbocycles. The minimum Gasteiger partial charge on any atom is -0.388 e. The van der Waals surface area contributed by atoms with Gasteiger partial charge in [-0.1, -0.05) is 18.2 Å². The first-order chi connectivity index (χ1) is 8.66. The monoisotopic (exact) mass is 258 g/mol. The van der Waals surface area contributed by atoms with Gasteiger partial charge in [0.1, 0.15) is 18.3 Å². The summed E-state index contributed by atoms with van der Waals surface area (Å²) in [5.41, 5.74) is 0. The van der Waals surface area contributed by atoms with E-state index in [0.717, 1.165) is 19.3 Å². The second kappa shape index (κ2) is 8.39. The van der Waals surface area contributed by atoms with Gasteiger partial charge in [-0.3, -0.25) is 0 Å². The molecule has 5 nitrogen and oxygen atoms in total. The molecular weight excluding hydrogens is 236 g/mol. The quantitative estimate of drug-likeness (QED) is 0.454. The molecule has 104 valence electrons. The Bertz CT molecular complexity index is 266. The van der Waals surface area contributed by atoms with Crippen LogP contribution in [0, 0.1) is 0 Å².